The third-order valence-corrected chi connectivity index (χ3v) is 8.21. The summed E-state index contributed by atoms with van der Waals surface area (Å²) in [7, 11) is 0. The van der Waals surface area contributed by atoms with Crippen molar-refractivity contribution in [2.45, 2.75) is 90.1 Å². The van der Waals surface area contributed by atoms with Gasteiger partial charge in [0.2, 0.25) is 0 Å². The lowest BCUT2D eigenvalue weighted by Gasteiger charge is -2.28. The van der Waals surface area contributed by atoms with Crippen LogP contribution < -0.4 is 0 Å². The lowest BCUT2D eigenvalue weighted by atomic mass is 9.77. The predicted octanol–water partition coefficient (Wildman–Crippen LogP) is 10.8. The highest BCUT2D eigenvalue weighted by atomic mass is 19.4. The Bertz CT molecular complexity index is 1330. The fourth-order valence-electron chi connectivity index (χ4n) is 5.90. The molecule has 214 valence electrons. The zero-order chi connectivity index (χ0) is 28.7. The summed E-state index contributed by atoms with van der Waals surface area (Å²) in [5.74, 6) is 2.49. The Morgan fingerprint density at radius 2 is 1.38 bits per heavy atom. The Hall–Kier alpha value is -2.94. The molecule has 0 aromatic heterocycles. The minimum atomic E-state index is -5.16. The van der Waals surface area contributed by atoms with Crippen LogP contribution in [0.4, 0.5) is 26.3 Å². The molecule has 0 atom stereocenters. The second-order valence-corrected chi connectivity index (χ2v) is 11.2. The SMILES string of the molecule is CCCCCCCC1CCC(CCc2ccc3c(C#Cc4cc(F)c(C(F)(F)F)c(F)c4)c(F)ccc3c2)CC1. The van der Waals surface area contributed by atoms with E-state index in [1.807, 2.05) is 12.1 Å². The molecule has 0 aliphatic heterocycles. The zero-order valence-electron chi connectivity index (χ0n) is 22.9. The molecule has 0 N–H and O–H groups in total. The fraction of sp³-hybridized carbons (Fsp3) is 0.471. The maximum absolute atomic E-state index is 14.7. The summed E-state index contributed by atoms with van der Waals surface area (Å²) in [5, 5.41) is 1.34. The molecule has 0 heterocycles. The molecule has 0 spiro atoms. The molecule has 0 nitrogen and oxygen atoms in total. The van der Waals surface area contributed by atoms with E-state index in [1.54, 1.807) is 12.1 Å². The molecule has 0 radical (unpaired) electrons. The van der Waals surface area contributed by atoms with Crippen molar-refractivity contribution in [1.82, 2.24) is 0 Å². The van der Waals surface area contributed by atoms with Gasteiger partial charge in [-0.05, 0) is 53.8 Å². The van der Waals surface area contributed by atoms with Gasteiger partial charge in [-0.15, -0.1) is 0 Å². The smallest absolute Gasteiger partial charge is 0.206 e. The van der Waals surface area contributed by atoms with Crippen LogP contribution in [0.2, 0.25) is 0 Å². The van der Waals surface area contributed by atoms with Crippen molar-refractivity contribution < 1.29 is 26.3 Å². The molecular weight excluding hydrogens is 522 g/mol. The third kappa shape index (κ3) is 7.83. The summed E-state index contributed by atoms with van der Waals surface area (Å²) in [6.45, 7) is 2.25. The number of hydrogen-bond acceptors (Lipinski definition) is 0. The van der Waals surface area contributed by atoms with Crippen LogP contribution in [0.3, 0.4) is 0 Å². The molecule has 0 saturated heterocycles. The molecule has 1 aliphatic carbocycles. The molecule has 3 aromatic carbocycles. The number of unbranched alkanes of at least 4 members (excludes halogenated alkanes) is 4. The number of benzene rings is 3. The van der Waals surface area contributed by atoms with Crippen molar-refractivity contribution >= 4 is 10.8 Å². The monoisotopic (exact) mass is 558 g/mol. The Morgan fingerprint density at radius 1 is 0.725 bits per heavy atom. The Morgan fingerprint density at radius 3 is 2.02 bits per heavy atom. The second-order valence-electron chi connectivity index (χ2n) is 11.2. The van der Waals surface area contributed by atoms with Gasteiger partial charge in [0.15, 0.2) is 0 Å². The Labute approximate surface area is 233 Å². The maximum atomic E-state index is 14.7. The van der Waals surface area contributed by atoms with Crippen LogP contribution in [-0.2, 0) is 12.6 Å². The normalized spacial score (nSPS) is 17.6. The molecule has 6 heteroatoms. The highest BCUT2D eigenvalue weighted by molar-refractivity contribution is 5.89. The minimum Gasteiger partial charge on any atom is -0.206 e. The van der Waals surface area contributed by atoms with Gasteiger partial charge >= 0.3 is 6.18 Å². The Kier molecular flexibility index (Phi) is 10.2. The van der Waals surface area contributed by atoms with E-state index in [4.69, 9.17) is 0 Å². The second kappa shape index (κ2) is 13.6. The van der Waals surface area contributed by atoms with Gasteiger partial charge in [0.05, 0.1) is 5.56 Å². The lowest BCUT2D eigenvalue weighted by molar-refractivity contribution is -0.142. The van der Waals surface area contributed by atoms with Crippen LogP contribution >= 0.6 is 0 Å². The van der Waals surface area contributed by atoms with E-state index in [0.29, 0.717) is 17.5 Å². The van der Waals surface area contributed by atoms with Crippen molar-refractivity contribution in [3.63, 3.8) is 0 Å². The lowest BCUT2D eigenvalue weighted by Crippen LogP contribution is -2.15. The van der Waals surface area contributed by atoms with Gasteiger partial charge in [0.1, 0.15) is 23.0 Å². The van der Waals surface area contributed by atoms with Crippen LogP contribution in [0.5, 0.6) is 0 Å². The molecule has 0 unspecified atom stereocenters. The predicted molar refractivity (Wildman–Crippen MR) is 148 cm³/mol. The molecule has 1 fully saturated rings. The first-order valence-corrected chi connectivity index (χ1v) is 14.4. The van der Waals surface area contributed by atoms with E-state index >= 15 is 0 Å². The average molecular weight is 559 g/mol. The topological polar surface area (TPSA) is 0 Å². The van der Waals surface area contributed by atoms with Crippen LogP contribution in [0.1, 0.15) is 99.8 Å². The first-order valence-electron chi connectivity index (χ1n) is 14.4. The van der Waals surface area contributed by atoms with Crippen molar-refractivity contribution in [3.8, 4) is 11.8 Å². The van der Waals surface area contributed by atoms with Crippen molar-refractivity contribution in [1.29, 1.82) is 0 Å². The number of fused-ring (bicyclic) bond motifs is 1. The van der Waals surface area contributed by atoms with Gasteiger partial charge in [-0.2, -0.15) is 13.2 Å². The zero-order valence-corrected chi connectivity index (χ0v) is 22.9. The maximum Gasteiger partial charge on any atom is 0.422 e. The van der Waals surface area contributed by atoms with E-state index in [1.165, 1.54) is 70.3 Å². The van der Waals surface area contributed by atoms with Gasteiger partial charge < -0.3 is 0 Å². The molecule has 4 rings (SSSR count). The molecular formula is C34H36F6. The summed E-state index contributed by atoms with van der Waals surface area (Å²) in [4.78, 5) is 0. The van der Waals surface area contributed by atoms with Crippen molar-refractivity contribution in [2.24, 2.45) is 11.8 Å². The van der Waals surface area contributed by atoms with Gasteiger partial charge in [0, 0.05) is 10.9 Å². The van der Waals surface area contributed by atoms with E-state index in [2.05, 4.69) is 18.8 Å². The largest absolute Gasteiger partial charge is 0.422 e. The van der Waals surface area contributed by atoms with Crippen LogP contribution in [0, 0.1) is 41.1 Å². The first-order chi connectivity index (χ1) is 19.2. The van der Waals surface area contributed by atoms with Gasteiger partial charge in [0.25, 0.3) is 0 Å². The molecule has 0 bridgehead atoms. The number of aryl methyl sites for hydroxylation is 1. The van der Waals surface area contributed by atoms with Gasteiger partial charge in [-0.3, -0.25) is 0 Å². The van der Waals surface area contributed by atoms with E-state index < -0.39 is 29.2 Å². The molecule has 1 saturated carbocycles. The number of rotatable bonds is 9. The standard InChI is InChI=1S/C34H36F6/c1-2-3-4-5-6-7-23-8-10-24(11-9-23)12-13-25-14-17-28-27(20-25)16-19-30(35)29(28)18-15-26-21-31(36)33(32(37)22-26)34(38,39)40/h14,16-17,19-24H,2-13H2,1H3. The van der Waals surface area contributed by atoms with Crippen LogP contribution in [0.15, 0.2) is 42.5 Å². The average Bonchev–Trinajstić information content (AvgIpc) is 2.90. The highest BCUT2D eigenvalue weighted by Crippen LogP contribution is 2.35. The van der Waals surface area contributed by atoms with Crippen LogP contribution in [-0.4, -0.2) is 0 Å². The summed E-state index contributed by atoms with van der Waals surface area (Å²) in [6.07, 6.45) is 10.2. The number of alkyl halides is 3. The first kappa shape index (κ1) is 30.0. The van der Waals surface area contributed by atoms with Crippen LogP contribution in [0.25, 0.3) is 10.8 Å². The summed E-state index contributed by atoms with van der Waals surface area (Å²) in [5.41, 5.74) is -1.07. The number of halogens is 6. The summed E-state index contributed by atoms with van der Waals surface area (Å²) < 4.78 is 81.0. The highest BCUT2D eigenvalue weighted by Gasteiger charge is 2.37. The van der Waals surface area contributed by atoms with E-state index in [9.17, 15) is 26.3 Å². The summed E-state index contributed by atoms with van der Waals surface area (Å²) in [6, 6.07) is 9.74. The molecule has 0 amide bonds. The quantitative estimate of drug-likeness (QED) is 0.139. The van der Waals surface area contributed by atoms with Gasteiger partial charge in [-0.1, -0.05) is 107 Å². The third-order valence-electron chi connectivity index (χ3n) is 8.21. The number of hydrogen-bond donors (Lipinski definition) is 0. The molecule has 40 heavy (non-hydrogen) atoms. The Balaban J connectivity index is 1.39. The minimum absolute atomic E-state index is 0.0396. The van der Waals surface area contributed by atoms with Crippen molar-refractivity contribution in [3.05, 3.63) is 82.2 Å². The molecule has 1 aliphatic rings. The van der Waals surface area contributed by atoms with E-state index in [0.717, 1.165) is 35.6 Å². The van der Waals surface area contributed by atoms with Gasteiger partial charge in [-0.25, -0.2) is 13.2 Å². The van der Waals surface area contributed by atoms with Crippen molar-refractivity contribution in [2.75, 3.05) is 0 Å². The fourth-order valence-corrected chi connectivity index (χ4v) is 5.90. The molecule has 3 aromatic rings. The summed E-state index contributed by atoms with van der Waals surface area (Å²) >= 11 is 0. The van der Waals surface area contributed by atoms with E-state index in [-0.39, 0.29) is 11.1 Å².